The highest BCUT2D eigenvalue weighted by atomic mass is 32.2. The Morgan fingerprint density at radius 2 is 1.55 bits per heavy atom. The number of rotatable bonds is 8. The minimum atomic E-state index is -0.233. The van der Waals surface area contributed by atoms with Gasteiger partial charge in [-0.3, -0.25) is 4.98 Å². The van der Waals surface area contributed by atoms with Crippen molar-refractivity contribution in [3.05, 3.63) is 126 Å². The summed E-state index contributed by atoms with van der Waals surface area (Å²) in [6.45, 7) is 2.08. The normalized spacial score (nSPS) is 16.6. The van der Waals surface area contributed by atoms with Gasteiger partial charge in [0.1, 0.15) is 29.1 Å². The lowest BCUT2D eigenvalue weighted by atomic mass is 10.0. The van der Waals surface area contributed by atoms with Crippen LogP contribution in [0.15, 0.2) is 124 Å². The molecule has 2 aromatic heterocycles. The van der Waals surface area contributed by atoms with Crippen LogP contribution in [0.2, 0.25) is 0 Å². The van der Waals surface area contributed by atoms with Gasteiger partial charge in [0.05, 0.1) is 18.8 Å². The maximum atomic E-state index is 6.43. The summed E-state index contributed by atoms with van der Waals surface area (Å²) in [6, 6.07) is 33.3. The Morgan fingerprint density at radius 1 is 0.850 bits per heavy atom. The van der Waals surface area contributed by atoms with Crippen molar-refractivity contribution in [2.24, 2.45) is 0 Å². The second kappa shape index (κ2) is 11.5. The highest BCUT2D eigenvalue weighted by Crippen LogP contribution is 2.43. The van der Waals surface area contributed by atoms with Gasteiger partial charge in [-0.25, -0.2) is 0 Å². The number of nitrogens with zero attached hydrogens (tertiary/aromatic N) is 2. The predicted molar refractivity (Wildman–Crippen MR) is 161 cm³/mol. The number of methoxy groups -OCH3 is 1. The lowest BCUT2D eigenvalue weighted by Gasteiger charge is -2.26. The van der Waals surface area contributed by atoms with E-state index < -0.39 is 0 Å². The van der Waals surface area contributed by atoms with Gasteiger partial charge in [-0.1, -0.05) is 35.5 Å². The van der Waals surface area contributed by atoms with Crippen molar-refractivity contribution < 1.29 is 13.9 Å². The Bertz CT molecular complexity index is 1590. The molecule has 0 radical (unpaired) electrons. The van der Waals surface area contributed by atoms with E-state index in [4.69, 9.17) is 26.1 Å². The third-order valence-corrected chi connectivity index (χ3v) is 7.88. The van der Waals surface area contributed by atoms with E-state index in [1.54, 1.807) is 25.1 Å². The van der Waals surface area contributed by atoms with Crippen molar-refractivity contribution in [1.82, 2.24) is 10.3 Å². The highest BCUT2D eigenvalue weighted by molar-refractivity contribution is 7.99. The summed E-state index contributed by atoms with van der Waals surface area (Å²) in [5, 5.41) is 4.91. The third kappa shape index (κ3) is 5.54. The molecule has 0 saturated carbocycles. The molecule has 0 bridgehead atoms. The average molecular weight is 566 g/mol. The first-order valence-electron chi connectivity index (χ1n) is 12.8. The highest BCUT2D eigenvalue weighted by Gasteiger charge is 2.42. The molecule has 0 aliphatic carbocycles. The summed E-state index contributed by atoms with van der Waals surface area (Å²) in [5.41, 5.74) is 3.04. The molecule has 3 aromatic carbocycles. The van der Waals surface area contributed by atoms with Crippen molar-refractivity contribution in [2.75, 3.05) is 12.0 Å². The molecule has 1 aliphatic heterocycles. The number of benzene rings is 3. The number of aromatic nitrogens is 1. The predicted octanol–water partition coefficient (Wildman–Crippen LogP) is 8.11. The molecule has 8 heteroatoms. The van der Waals surface area contributed by atoms with Crippen LogP contribution in [0.1, 0.15) is 29.1 Å². The average Bonchev–Trinajstić information content (AvgIpc) is 3.59. The zero-order valence-corrected chi connectivity index (χ0v) is 23.6. The van der Waals surface area contributed by atoms with Gasteiger partial charge in [-0.15, -0.1) is 0 Å². The summed E-state index contributed by atoms with van der Waals surface area (Å²) >= 11 is 7.46. The van der Waals surface area contributed by atoms with Crippen LogP contribution in [-0.4, -0.2) is 17.2 Å². The van der Waals surface area contributed by atoms with Crippen LogP contribution in [0, 0.1) is 6.92 Å². The maximum Gasteiger partial charge on any atom is 0.174 e. The Labute approximate surface area is 243 Å². The summed E-state index contributed by atoms with van der Waals surface area (Å²) < 4.78 is 17.7. The van der Waals surface area contributed by atoms with Crippen LogP contribution < -0.4 is 19.7 Å². The SMILES string of the molecule is COc1ccc(Oc2ccc(N3C(=S)NC(c4ccccn4)C3c3ccc(Sc4ccc(C)cc4)o3)cc2)cc1. The van der Waals surface area contributed by atoms with Crippen molar-refractivity contribution in [3.8, 4) is 17.2 Å². The molecule has 1 fully saturated rings. The number of pyridine rings is 1. The van der Waals surface area contributed by atoms with Crippen LogP contribution in [-0.2, 0) is 0 Å². The van der Waals surface area contributed by atoms with Crippen molar-refractivity contribution >= 4 is 34.8 Å². The van der Waals surface area contributed by atoms with E-state index in [-0.39, 0.29) is 12.1 Å². The van der Waals surface area contributed by atoms with E-state index in [1.165, 1.54) is 5.56 Å². The minimum absolute atomic E-state index is 0.188. The molecule has 2 unspecified atom stereocenters. The van der Waals surface area contributed by atoms with E-state index >= 15 is 0 Å². The van der Waals surface area contributed by atoms with Crippen LogP contribution >= 0.6 is 24.0 Å². The Morgan fingerprint density at radius 3 is 2.23 bits per heavy atom. The molecule has 3 heterocycles. The standard InChI is InChI=1S/C32H27N3O3S2/c1-21-6-16-26(17-7-21)40-29-19-18-28(38-29)31-30(27-5-3-4-20-33-27)34-32(39)35(31)22-8-10-24(11-9-22)37-25-14-12-23(36-2)13-15-25/h3-20,30-31H,1-2H3,(H,34,39). The number of ether oxygens (including phenoxy) is 2. The van der Waals surface area contributed by atoms with E-state index in [9.17, 15) is 0 Å². The Balaban J connectivity index is 1.29. The fourth-order valence-electron chi connectivity index (χ4n) is 4.65. The number of anilines is 1. The van der Waals surface area contributed by atoms with E-state index in [0.717, 1.165) is 44.4 Å². The zero-order valence-electron chi connectivity index (χ0n) is 22.0. The molecule has 40 heavy (non-hydrogen) atoms. The van der Waals surface area contributed by atoms with Gasteiger partial charge in [0, 0.05) is 16.8 Å². The van der Waals surface area contributed by atoms with Gasteiger partial charge in [0.2, 0.25) is 0 Å². The van der Waals surface area contributed by atoms with Crippen LogP contribution in [0.3, 0.4) is 0 Å². The molecular formula is C32H27N3O3S2. The van der Waals surface area contributed by atoms with Gasteiger partial charge < -0.3 is 24.1 Å². The molecule has 0 amide bonds. The summed E-state index contributed by atoms with van der Waals surface area (Å²) in [6.07, 6.45) is 1.80. The quantitative estimate of drug-likeness (QED) is 0.189. The summed E-state index contributed by atoms with van der Waals surface area (Å²) in [7, 11) is 1.64. The number of nitrogens with one attached hydrogen (secondary N) is 1. The first kappa shape index (κ1) is 26.0. The van der Waals surface area contributed by atoms with Gasteiger partial charge >= 0.3 is 0 Å². The number of thiocarbonyl (C=S) groups is 1. The first-order valence-corrected chi connectivity index (χ1v) is 14.1. The maximum absolute atomic E-state index is 6.43. The molecular weight excluding hydrogens is 539 g/mol. The Kier molecular flexibility index (Phi) is 7.44. The van der Waals surface area contributed by atoms with Crippen LogP contribution in [0.5, 0.6) is 17.2 Å². The summed E-state index contributed by atoms with van der Waals surface area (Å²) in [5.74, 6) is 3.04. The fraction of sp³-hybridized carbons (Fsp3) is 0.125. The topological polar surface area (TPSA) is 59.8 Å². The third-order valence-electron chi connectivity index (χ3n) is 6.64. The monoisotopic (exact) mass is 565 g/mol. The number of aryl methyl sites for hydroxylation is 1. The molecule has 6 rings (SSSR count). The molecule has 1 N–H and O–H groups in total. The molecule has 5 aromatic rings. The second-order valence-corrected chi connectivity index (χ2v) is 10.8. The molecule has 0 spiro atoms. The lowest BCUT2D eigenvalue weighted by Crippen LogP contribution is -2.29. The number of hydrogen-bond acceptors (Lipinski definition) is 6. The van der Waals surface area contributed by atoms with Gasteiger partial charge in [-0.2, -0.15) is 0 Å². The van der Waals surface area contributed by atoms with Crippen molar-refractivity contribution in [3.63, 3.8) is 0 Å². The molecule has 2 atom stereocenters. The van der Waals surface area contributed by atoms with Gasteiger partial charge in [-0.05, 0) is 104 Å². The second-order valence-electron chi connectivity index (χ2n) is 9.34. The zero-order chi connectivity index (χ0) is 27.5. The minimum Gasteiger partial charge on any atom is -0.497 e. The number of furan rings is 1. The summed E-state index contributed by atoms with van der Waals surface area (Å²) in [4.78, 5) is 7.84. The molecule has 1 aliphatic rings. The van der Waals surface area contributed by atoms with Crippen LogP contribution in [0.25, 0.3) is 0 Å². The van der Waals surface area contributed by atoms with Crippen molar-refractivity contribution in [1.29, 1.82) is 0 Å². The van der Waals surface area contributed by atoms with Crippen molar-refractivity contribution in [2.45, 2.75) is 29.0 Å². The van der Waals surface area contributed by atoms with E-state index in [1.807, 2.05) is 78.9 Å². The fourth-order valence-corrected chi connectivity index (χ4v) is 5.77. The van der Waals surface area contributed by atoms with E-state index in [0.29, 0.717) is 5.11 Å². The smallest absolute Gasteiger partial charge is 0.174 e. The lowest BCUT2D eigenvalue weighted by molar-refractivity contribution is 0.383. The van der Waals surface area contributed by atoms with Gasteiger partial charge in [0.15, 0.2) is 10.2 Å². The first-order chi connectivity index (χ1) is 19.6. The largest absolute Gasteiger partial charge is 0.497 e. The molecule has 1 saturated heterocycles. The molecule has 6 nitrogen and oxygen atoms in total. The van der Waals surface area contributed by atoms with E-state index in [2.05, 4.69) is 46.4 Å². The van der Waals surface area contributed by atoms with Gasteiger partial charge in [0.25, 0.3) is 0 Å². The number of hydrogen-bond donors (Lipinski definition) is 1. The Hall–Kier alpha value is -4.27. The molecule has 200 valence electrons. The van der Waals surface area contributed by atoms with Crippen LogP contribution in [0.4, 0.5) is 5.69 Å².